The normalized spacial score (nSPS) is 35.2. The maximum Gasteiger partial charge on any atom is 0.334 e. The second-order valence-electron chi connectivity index (χ2n) is 6.11. The Morgan fingerprint density at radius 2 is 2.04 bits per heavy atom. The largest absolute Gasteiger partial charge is 0.458 e. The van der Waals surface area contributed by atoms with Crippen LogP contribution in [0.4, 0.5) is 0 Å². The van der Waals surface area contributed by atoms with Gasteiger partial charge in [0.1, 0.15) is 12.2 Å². The van der Waals surface area contributed by atoms with Gasteiger partial charge in [-0.3, -0.25) is 4.79 Å². The van der Waals surface area contributed by atoms with Crippen LogP contribution in [0.25, 0.3) is 0 Å². The van der Waals surface area contributed by atoms with Crippen molar-refractivity contribution in [3.05, 3.63) is 36.0 Å². The van der Waals surface area contributed by atoms with Crippen molar-refractivity contribution < 1.29 is 29.3 Å². The van der Waals surface area contributed by atoms with E-state index in [1.165, 1.54) is 6.92 Å². The Bertz CT molecular complexity index is 576. The predicted molar refractivity (Wildman–Crippen MR) is 82.2 cm³/mol. The lowest BCUT2D eigenvalue weighted by Crippen LogP contribution is -2.34. The number of carbonyl (C=O) groups is 2. The highest BCUT2D eigenvalue weighted by molar-refractivity contribution is 5.91. The quantitative estimate of drug-likeness (QED) is 0.425. The average Bonchev–Trinajstić information content (AvgIpc) is 2.71. The molecule has 6 heteroatoms. The minimum atomic E-state index is -0.935. The highest BCUT2D eigenvalue weighted by Gasteiger charge is 2.43. The number of hydrogen-bond acceptors (Lipinski definition) is 6. The van der Waals surface area contributed by atoms with Gasteiger partial charge < -0.3 is 19.7 Å². The zero-order chi connectivity index (χ0) is 17.3. The number of esters is 2. The van der Waals surface area contributed by atoms with Crippen LogP contribution in [0, 0.1) is 5.92 Å². The van der Waals surface area contributed by atoms with E-state index >= 15 is 0 Å². The molecule has 2 rings (SSSR count). The maximum absolute atomic E-state index is 11.8. The number of aliphatic hydroxyl groups excluding tert-OH is 2. The van der Waals surface area contributed by atoms with Gasteiger partial charge in [-0.05, 0) is 30.6 Å². The summed E-state index contributed by atoms with van der Waals surface area (Å²) >= 11 is 0. The van der Waals surface area contributed by atoms with Gasteiger partial charge in [-0.2, -0.15) is 0 Å². The third-order valence-electron chi connectivity index (χ3n) is 4.30. The first-order chi connectivity index (χ1) is 10.7. The molecular formula is C17H22O6. The van der Waals surface area contributed by atoms with Crippen molar-refractivity contribution in [2.24, 2.45) is 5.92 Å². The first kappa shape index (κ1) is 17.4. The van der Waals surface area contributed by atoms with Gasteiger partial charge in [0, 0.05) is 18.9 Å². The number of ether oxygens (including phenoxy) is 2. The predicted octanol–water partition coefficient (Wildman–Crippen LogP) is 1.03. The third kappa shape index (κ3) is 3.71. The minimum Gasteiger partial charge on any atom is -0.458 e. The Hall–Kier alpha value is -1.92. The van der Waals surface area contributed by atoms with E-state index in [1.807, 2.05) is 0 Å². The molecule has 1 aliphatic carbocycles. The van der Waals surface area contributed by atoms with Crippen LogP contribution in [0.15, 0.2) is 36.0 Å². The van der Waals surface area contributed by atoms with Crippen LogP contribution >= 0.6 is 0 Å². The van der Waals surface area contributed by atoms with E-state index in [4.69, 9.17) is 9.47 Å². The van der Waals surface area contributed by atoms with Crippen molar-refractivity contribution in [1.29, 1.82) is 0 Å². The second kappa shape index (κ2) is 6.68. The molecule has 0 radical (unpaired) electrons. The highest BCUT2D eigenvalue weighted by atomic mass is 16.6. The molecule has 2 aliphatic rings. The van der Waals surface area contributed by atoms with Crippen LogP contribution < -0.4 is 0 Å². The van der Waals surface area contributed by atoms with Crippen molar-refractivity contribution in [1.82, 2.24) is 0 Å². The number of hydrogen-bond donors (Lipinski definition) is 2. The molecule has 0 bridgehead atoms. The van der Waals surface area contributed by atoms with Gasteiger partial charge in [0.15, 0.2) is 0 Å². The summed E-state index contributed by atoms with van der Waals surface area (Å²) in [6.07, 6.45) is -1.29. The fourth-order valence-electron chi connectivity index (χ4n) is 2.99. The summed E-state index contributed by atoms with van der Waals surface area (Å²) < 4.78 is 10.5. The van der Waals surface area contributed by atoms with Gasteiger partial charge in [-0.25, -0.2) is 4.79 Å². The molecule has 0 aromatic heterocycles. The molecule has 0 saturated carbocycles. The van der Waals surface area contributed by atoms with Crippen molar-refractivity contribution in [2.75, 3.05) is 0 Å². The van der Waals surface area contributed by atoms with Crippen molar-refractivity contribution >= 4 is 11.9 Å². The topological polar surface area (TPSA) is 93.1 Å². The zero-order valence-corrected chi connectivity index (χ0v) is 13.3. The summed E-state index contributed by atoms with van der Waals surface area (Å²) in [5.41, 5.74) is 1.24. The Morgan fingerprint density at radius 1 is 1.39 bits per heavy atom. The van der Waals surface area contributed by atoms with Crippen LogP contribution in [-0.4, -0.2) is 46.6 Å². The van der Waals surface area contributed by atoms with E-state index in [-0.39, 0.29) is 18.4 Å². The molecule has 5 unspecified atom stereocenters. The smallest absolute Gasteiger partial charge is 0.334 e. The van der Waals surface area contributed by atoms with Gasteiger partial charge in [0.2, 0.25) is 0 Å². The highest BCUT2D eigenvalue weighted by Crippen LogP contribution is 2.35. The van der Waals surface area contributed by atoms with E-state index < -0.39 is 42.3 Å². The molecule has 5 atom stereocenters. The molecule has 0 aromatic carbocycles. The van der Waals surface area contributed by atoms with E-state index in [9.17, 15) is 19.8 Å². The number of carbonyl (C=O) groups excluding carboxylic acids is 2. The van der Waals surface area contributed by atoms with E-state index in [0.29, 0.717) is 11.1 Å². The average molecular weight is 322 g/mol. The van der Waals surface area contributed by atoms with Gasteiger partial charge >= 0.3 is 11.9 Å². The van der Waals surface area contributed by atoms with Crippen molar-refractivity contribution in [2.45, 2.75) is 51.1 Å². The standard InChI is InChI=1S/C17H22O6/c1-8-5-13(20)16-10(3)17(21)23-15(16)6-9(2)14(7-12(8)19)22-11(4)18/h6,12-16,19-20H,1,3,5,7H2,2,4H3. The Morgan fingerprint density at radius 3 is 2.65 bits per heavy atom. The minimum absolute atomic E-state index is 0.109. The number of fused-ring (bicyclic) bond motifs is 1. The molecule has 1 fully saturated rings. The van der Waals surface area contributed by atoms with E-state index in [0.717, 1.165) is 0 Å². The Balaban J connectivity index is 2.40. The van der Waals surface area contributed by atoms with Crippen molar-refractivity contribution in [3.63, 3.8) is 0 Å². The van der Waals surface area contributed by atoms with Crippen LogP contribution in [0.1, 0.15) is 26.7 Å². The molecule has 1 aliphatic heterocycles. The summed E-state index contributed by atoms with van der Waals surface area (Å²) in [5, 5.41) is 20.6. The van der Waals surface area contributed by atoms with E-state index in [2.05, 4.69) is 13.2 Å². The number of rotatable bonds is 1. The maximum atomic E-state index is 11.8. The van der Waals surface area contributed by atoms with Crippen LogP contribution in [0.2, 0.25) is 0 Å². The SMILES string of the molecule is C=C1CC(O)C2C(=C)C(=O)OC2C=C(C)C(OC(C)=O)CC1O. The third-order valence-corrected chi connectivity index (χ3v) is 4.30. The summed E-state index contributed by atoms with van der Waals surface area (Å²) in [4.78, 5) is 23.1. The van der Waals surface area contributed by atoms with Crippen LogP contribution in [0.3, 0.4) is 0 Å². The number of aliphatic hydroxyl groups is 2. The molecule has 1 saturated heterocycles. The Kier molecular flexibility index (Phi) is 5.06. The summed E-state index contributed by atoms with van der Waals surface area (Å²) in [5.74, 6) is -1.64. The summed E-state index contributed by atoms with van der Waals surface area (Å²) in [6, 6.07) is 0. The monoisotopic (exact) mass is 322 g/mol. The fourth-order valence-corrected chi connectivity index (χ4v) is 2.99. The summed E-state index contributed by atoms with van der Waals surface area (Å²) in [6.45, 7) is 10.5. The second-order valence-corrected chi connectivity index (χ2v) is 6.11. The van der Waals surface area contributed by atoms with Crippen LogP contribution in [-0.2, 0) is 19.1 Å². The molecule has 126 valence electrons. The molecular weight excluding hydrogens is 300 g/mol. The van der Waals surface area contributed by atoms with Gasteiger partial charge in [-0.1, -0.05) is 13.2 Å². The molecule has 23 heavy (non-hydrogen) atoms. The van der Waals surface area contributed by atoms with Gasteiger partial charge in [0.25, 0.3) is 0 Å². The molecule has 0 spiro atoms. The fraction of sp³-hybridized carbons (Fsp3) is 0.529. The molecule has 2 N–H and O–H groups in total. The van der Waals surface area contributed by atoms with Gasteiger partial charge in [0.05, 0.1) is 18.1 Å². The molecule has 0 aromatic rings. The van der Waals surface area contributed by atoms with Gasteiger partial charge in [-0.15, -0.1) is 0 Å². The lowest BCUT2D eigenvalue weighted by atomic mass is 9.83. The van der Waals surface area contributed by atoms with Crippen molar-refractivity contribution in [3.8, 4) is 0 Å². The Labute approximate surface area is 135 Å². The lowest BCUT2D eigenvalue weighted by Gasteiger charge is -2.28. The first-order valence-corrected chi connectivity index (χ1v) is 7.49. The molecule has 1 heterocycles. The van der Waals surface area contributed by atoms with E-state index in [1.54, 1.807) is 13.0 Å². The zero-order valence-electron chi connectivity index (χ0n) is 13.3. The summed E-state index contributed by atoms with van der Waals surface area (Å²) in [7, 11) is 0. The van der Waals surface area contributed by atoms with Crippen LogP contribution in [0.5, 0.6) is 0 Å². The lowest BCUT2D eigenvalue weighted by molar-refractivity contribution is -0.146. The molecule has 6 nitrogen and oxygen atoms in total. The first-order valence-electron chi connectivity index (χ1n) is 7.49. The molecule has 0 amide bonds.